The van der Waals surface area contributed by atoms with Crippen molar-refractivity contribution in [1.82, 2.24) is 10.6 Å². The number of halogens is 1. The Morgan fingerprint density at radius 1 is 1.39 bits per heavy atom. The van der Waals surface area contributed by atoms with E-state index in [0.717, 1.165) is 5.56 Å². The van der Waals surface area contributed by atoms with Crippen LogP contribution in [0.25, 0.3) is 0 Å². The van der Waals surface area contributed by atoms with Crippen molar-refractivity contribution in [2.24, 2.45) is 0 Å². The average molecular weight is 267 g/mol. The number of benzene rings is 1. The molecule has 1 aliphatic rings. The highest BCUT2D eigenvalue weighted by atomic mass is 35.5. The molecule has 2 atom stereocenters. The number of carbonyl (C=O) groups is 2. The van der Waals surface area contributed by atoms with Crippen molar-refractivity contribution in [2.45, 2.75) is 24.9 Å². The van der Waals surface area contributed by atoms with Gasteiger partial charge in [0.1, 0.15) is 5.88 Å². The number of amides is 2. The van der Waals surface area contributed by atoms with E-state index in [2.05, 4.69) is 10.6 Å². The molecule has 5 heteroatoms. The van der Waals surface area contributed by atoms with E-state index in [1.54, 1.807) is 0 Å². The maximum atomic E-state index is 11.5. The molecular formula is C13H15ClN2O2. The zero-order valence-electron chi connectivity index (χ0n) is 9.86. The molecule has 2 unspecified atom stereocenters. The molecule has 2 N–H and O–H groups in total. The van der Waals surface area contributed by atoms with Crippen molar-refractivity contribution in [2.75, 3.05) is 5.88 Å². The maximum absolute atomic E-state index is 11.5. The topological polar surface area (TPSA) is 58.2 Å². The fraction of sp³-hybridized carbons (Fsp3) is 0.385. The minimum atomic E-state index is -0.209. The first-order valence-corrected chi connectivity index (χ1v) is 6.44. The van der Waals surface area contributed by atoms with Crippen molar-refractivity contribution < 1.29 is 9.59 Å². The molecule has 1 aliphatic heterocycles. The summed E-state index contributed by atoms with van der Waals surface area (Å²) in [5.41, 5.74) is 0.991. The zero-order valence-corrected chi connectivity index (χ0v) is 10.6. The molecule has 4 nitrogen and oxygen atoms in total. The van der Waals surface area contributed by atoms with E-state index in [4.69, 9.17) is 11.6 Å². The Hall–Kier alpha value is -1.55. The number of rotatable bonds is 3. The van der Waals surface area contributed by atoms with Crippen LogP contribution < -0.4 is 10.6 Å². The summed E-state index contributed by atoms with van der Waals surface area (Å²) in [6, 6.07) is 9.34. The molecule has 1 aromatic carbocycles. The first kappa shape index (κ1) is 12.9. The molecule has 96 valence electrons. The Kier molecular flexibility index (Phi) is 4.20. The van der Waals surface area contributed by atoms with Gasteiger partial charge in [-0.25, -0.2) is 0 Å². The van der Waals surface area contributed by atoms with Crippen LogP contribution >= 0.6 is 11.6 Å². The first-order valence-electron chi connectivity index (χ1n) is 5.90. The number of piperidine rings is 1. The molecule has 0 bridgehead atoms. The zero-order chi connectivity index (χ0) is 13.0. The quantitative estimate of drug-likeness (QED) is 0.812. The summed E-state index contributed by atoms with van der Waals surface area (Å²) in [4.78, 5) is 22.9. The van der Waals surface area contributed by atoms with Crippen LogP contribution in [0.1, 0.15) is 24.4 Å². The third kappa shape index (κ3) is 3.01. The standard InChI is InChI=1S/C13H15ClN2O2/c14-8-12(18)15-10-6-7-11(17)16-13(10)9-4-2-1-3-5-9/h1-5,10,13H,6-8H2,(H,15,18)(H,16,17). The van der Waals surface area contributed by atoms with Gasteiger partial charge in [0.15, 0.2) is 0 Å². The summed E-state index contributed by atoms with van der Waals surface area (Å²) in [6.45, 7) is 0. The first-order chi connectivity index (χ1) is 8.70. The van der Waals surface area contributed by atoms with Gasteiger partial charge in [-0.15, -0.1) is 11.6 Å². The lowest BCUT2D eigenvalue weighted by molar-refractivity contribution is -0.126. The number of hydrogen-bond acceptors (Lipinski definition) is 2. The molecule has 0 spiro atoms. The lowest BCUT2D eigenvalue weighted by atomic mass is 9.92. The summed E-state index contributed by atoms with van der Waals surface area (Å²) in [7, 11) is 0. The highest BCUT2D eigenvalue weighted by Crippen LogP contribution is 2.23. The van der Waals surface area contributed by atoms with Gasteiger partial charge < -0.3 is 10.6 Å². The predicted molar refractivity (Wildman–Crippen MR) is 69.2 cm³/mol. The third-order valence-electron chi connectivity index (χ3n) is 3.03. The Bertz CT molecular complexity index is 436. The molecule has 0 aromatic heterocycles. The summed E-state index contributed by atoms with van der Waals surface area (Å²) in [6.07, 6.45) is 1.06. The largest absolute Gasteiger partial charge is 0.350 e. The van der Waals surface area contributed by atoms with Crippen LogP contribution in [0.4, 0.5) is 0 Å². The van der Waals surface area contributed by atoms with Gasteiger partial charge >= 0.3 is 0 Å². The van der Waals surface area contributed by atoms with E-state index < -0.39 is 0 Å². The lowest BCUT2D eigenvalue weighted by Gasteiger charge is -2.33. The predicted octanol–water partition coefficient (Wildman–Crippen LogP) is 1.36. The van der Waals surface area contributed by atoms with Gasteiger partial charge in [0, 0.05) is 6.42 Å². The fourth-order valence-electron chi connectivity index (χ4n) is 2.18. The molecule has 1 heterocycles. The van der Waals surface area contributed by atoms with Gasteiger partial charge in [0.25, 0.3) is 0 Å². The number of alkyl halides is 1. The van der Waals surface area contributed by atoms with Crippen LogP contribution in [-0.4, -0.2) is 23.7 Å². The van der Waals surface area contributed by atoms with Crippen LogP contribution in [0, 0.1) is 0 Å². The molecule has 1 aromatic rings. The minimum absolute atomic E-state index is 0.0141. The van der Waals surface area contributed by atoms with Crippen LogP contribution in [0.15, 0.2) is 30.3 Å². The second-order valence-corrected chi connectivity index (χ2v) is 4.57. The monoisotopic (exact) mass is 266 g/mol. The fourth-order valence-corrected chi connectivity index (χ4v) is 2.25. The van der Waals surface area contributed by atoms with Crippen molar-refractivity contribution in [3.63, 3.8) is 0 Å². The molecule has 0 saturated carbocycles. The average Bonchev–Trinajstić information content (AvgIpc) is 2.41. The minimum Gasteiger partial charge on any atom is -0.350 e. The Labute approximate surface area is 111 Å². The third-order valence-corrected chi connectivity index (χ3v) is 3.27. The summed E-state index contributed by atoms with van der Waals surface area (Å²) < 4.78 is 0. The van der Waals surface area contributed by atoms with E-state index in [9.17, 15) is 9.59 Å². The summed E-state index contributed by atoms with van der Waals surface area (Å²) in [5.74, 6) is -0.259. The molecule has 0 aliphatic carbocycles. The highest BCUT2D eigenvalue weighted by Gasteiger charge is 2.30. The van der Waals surface area contributed by atoms with Gasteiger partial charge in [0.2, 0.25) is 11.8 Å². The molecule has 18 heavy (non-hydrogen) atoms. The van der Waals surface area contributed by atoms with Crippen molar-refractivity contribution in [3.05, 3.63) is 35.9 Å². The molecule has 1 fully saturated rings. The second-order valence-electron chi connectivity index (χ2n) is 4.30. The molecular weight excluding hydrogens is 252 g/mol. The number of nitrogens with one attached hydrogen (secondary N) is 2. The van der Waals surface area contributed by atoms with E-state index >= 15 is 0 Å². The van der Waals surface area contributed by atoms with Gasteiger partial charge in [-0.1, -0.05) is 30.3 Å². The van der Waals surface area contributed by atoms with Crippen LogP contribution in [0.5, 0.6) is 0 Å². The number of carbonyl (C=O) groups excluding carboxylic acids is 2. The van der Waals surface area contributed by atoms with E-state index in [-0.39, 0.29) is 29.8 Å². The Morgan fingerprint density at radius 3 is 2.78 bits per heavy atom. The summed E-state index contributed by atoms with van der Waals surface area (Å²) in [5, 5.41) is 5.77. The van der Waals surface area contributed by atoms with Gasteiger partial charge in [0.05, 0.1) is 12.1 Å². The van der Waals surface area contributed by atoms with E-state index in [1.807, 2.05) is 30.3 Å². The SMILES string of the molecule is O=C(CCl)NC1CCC(=O)NC1c1ccccc1. The smallest absolute Gasteiger partial charge is 0.235 e. The number of hydrogen-bond donors (Lipinski definition) is 2. The van der Waals surface area contributed by atoms with Gasteiger partial charge in [-0.3, -0.25) is 9.59 Å². The van der Waals surface area contributed by atoms with Gasteiger partial charge in [-0.2, -0.15) is 0 Å². The van der Waals surface area contributed by atoms with Crippen molar-refractivity contribution in [1.29, 1.82) is 0 Å². The van der Waals surface area contributed by atoms with Crippen LogP contribution in [0.2, 0.25) is 0 Å². The second kappa shape index (κ2) is 5.87. The van der Waals surface area contributed by atoms with Crippen molar-refractivity contribution >= 4 is 23.4 Å². The van der Waals surface area contributed by atoms with Crippen molar-refractivity contribution in [3.8, 4) is 0 Å². The summed E-state index contributed by atoms with van der Waals surface area (Å²) >= 11 is 5.49. The molecule has 2 amide bonds. The molecule has 1 saturated heterocycles. The highest BCUT2D eigenvalue weighted by molar-refractivity contribution is 6.27. The van der Waals surface area contributed by atoms with Crippen LogP contribution in [-0.2, 0) is 9.59 Å². The maximum Gasteiger partial charge on any atom is 0.235 e. The normalized spacial score (nSPS) is 23.3. The van der Waals surface area contributed by atoms with Crippen LogP contribution in [0.3, 0.4) is 0 Å². The Morgan fingerprint density at radius 2 is 2.11 bits per heavy atom. The molecule has 0 radical (unpaired) electrons. The van der Waals surface area contributed by atoms with E-state index in [0.29, 0.717) is 12.8 Å². The lowest BCUT2D eigenvalue weighted by Crippen LogP contribution is -2.50. The Balaban J connectivity index is 2.16. The van der Waals surface area contributed by atoms with Gasteiger partial charge in [-0.05, 0) is 12.0 Å². The molecule has 2 rings (SSSR count). The van der Waals surface area contributed by atoms with E-state index in [1.165, 1.54) is 0 Å².